The second-order valence-corrected chi connectivity index (χ2v) is 13.6. The topological polar surface area (TPSA) is 69.3 Å². The van der Waals surface area contributed by atoms with E-state index in [1.165, 1.54) is 32.6 Å². The molecule has 3 aromatic rings. The number of halogens is 1. The number of rotatable bonds is 8. The van der Waals surface area contributed by atoms with Crippen LogP contribution in [0.4, 0.5) is 0 Å². The molecule has 0 saturated carbocycles. The first-order chi connectivity index (χ1) is 16.8. The van der Waals surface area contributed by atoms with Gasteiger partial charge in [0.05, 0.1) is 7.05 Å². The van der Waals surface area contributed by atoms with Crippen LogP contribution in [0.3, 0.4) is 0 Å². The highest BCUT2D eigenvalue weighted by Gasteiger charge is 2.28. The Morgan fingerprint density at radius 3 is 2.39 bits per heavy atom. The second-order valence-electron chi connectivity index (χ2n) is 11.3. The van der Waals surface area contributed by atoms with E-state index < -0.39 is 0 Å². The average Bonchev–Trinajstić information content (AvgIpc) is 3.05. The summed E-state index contributed by atoms with van der Waals surface area (Å²) < 4.78 is 2.55. The van der Waals surface area contributed by atoms with Crippen molar-refractivity contribution >= 4 is 46.4 Å². The molecular formula is C29H41ClN5S+. The van der Waals surface area contributed by atoms with E-state index in [2.05, 4.69) is 98.9 Å². The van der Waals surface area contributed by atoms with Crippen LogP contribution >= 0.6 is 23.4 Å². The van der Waals surface area contributed by atoms with Gasteiger partial charge in [0, 0.05) is 49.4 Å². The van der Waals surface area contributed by atoms with Crippen LogP contribution in [0.15, 0.2) is 52.5 Å². The van der Waals surface area contributed by atoms with Crippen molar-refractivity contribution in [1.82, 2.24) is 9.99 Å². The molecule has 7 heteroatoms. The maximum atomic E-state index is 6.19. The van der Waals surface area contributed by atoms with Crippen molar-refractivity contribution in [3.05, 3.63) is 64.3 Å². The van der Waals surface area contributed by atoms with Gasteiger partial charge in [0.25, 0.3) is 0 Å². The van der Waals surface area contributed by atoms with Gasteiger partial charge >= 0.3 is 5.96 Å². The number of hydrogen-bond donors (Lipinski definition) is 3. The second kappa shape index (κ2) is 11.3. The summed E-state index contributed by atoms with van der Waals surface area (Å²) >= 11 is 8.14. The summed E-state index contributed by atoms with van der Waals surface area (Å²) in [6.07, 6.45) is 2.78. The minimum atomic E-state index is -0.207. The predicted molar refractivity (Wildman–Crippen MR) is 157 cm³/mol. The molecule has 0 saturated heterocycles. The van der Waals surface area contributed by atoms with Crippen LogP contribution in [0.1, 0.15) is 71.2 Å². The zero-order valence-electron chi connectivity index (χ0n) is 22.9. The van der Waals surface area contributed by atoms with Gasteiger partial charge in [-0.1, -0.05) is 78.3 Å². The summed E-state index contributed by atoms with van der Waals surface area (Å²) in [6.45, 7) is 16.6. The number of nitrogens with two attached hydrogens (primary N) is 1. The molecule has 3 rings (SSSR count). The number of hydrogen-bond acceptors (Lipinski definition) is 2. The Kier molecular flexibility index (Phi) is 8.84. The highest BCUT2D eigenvalue weighted by atomic mass is 35.5. The number of guanidine groups is 1. The number of nitrogens with zero attached hydrogens (tertiary/aromatic N) is 2. The van der Waals surface area contributed by atoms with Crippen molar-refractivity contribution < 1.29 is 4.99 Å². The van der Waals surface area contributed by atoms with Gasteiger partial charge in [-0.2, -0.15) is 5.43 Å². The lowest BCUT2D eigenvalue weighted by atomic mass is 9.89. The third-order valence-corrected chi connectivity index (χ3v) is 7.49. The van der Waals surface area contributed by atoms with Crippen molar-refractivity contribution in [3.8, 4) is 0 Å². The van der Waals surface area contributed by atoms with Gasteiger partial charge in [0.2, 0.25) is 0 Å². The maximum absolute atomic E-state index is 6.19. The van der Waals surface area contributed by atoms with E-state index in [1.54, 1.807) is 7.05 Å². The van der Waals surface area contributed by atoms with E-state index in [0.717, 1.165) is 18.0 Å². The number of thioether (sulfide) groups is 1. The van der Waals surface area contributed by atoms with Gasteiger partial charge in [-0.3, -0.25) is 10.7 Å². The molecular weight excluding hydrogens is 486 g/mol. The minimum Gasteiger partial charge on any atom is -0.339 e. The van der Waals surface area contributed by atoms with Gasteiger partial charge < -0.3 is 4.57 Å². The average molecular weight is 527 g/mol. The van der Waals surface area contributed by atoms with Gasteiger partial charge in [0.1, 0.15) is 0 Å². The van der Waals surface area contributed by atoms with Gasteiger partial charge in [0.15, 0.2) is 0 Å². The number of benzene rings is 2. The fraction of sp³-hybridized carbons (Fsp3) is 0.448. The van der Waals surface area contributed by atoms with E-state index in [4.69, 9.17) is 17.3 Å². The molecule has 0 radical (unpaired) electrons. The minimum absolute atomic E-state index is 0.0674. The quantitative estimate of drug-likeness (QED) is 0.156. The third kappa shape index (κ3) is 7.30. The fourth-order valence-electron chi connectivity index (χ4n) is 4.11. The largest absolute Gasteiger partial charge is 0.364 e. The Morgan fingerprint density at radius 2 is 1.81 bits per heavy atom. The molecule has 194 valence electrons. The molecule has 0 aliphatic carbocycles. The molecule has 4 N–H and O–H groups in total. The number of fused-ring (bicyclic) bond motifs is 1. The summed E-state index contributed by atoms with van der Waals surface area (Å²) in [7, 11) is 1.76. The zero-order valence-corrected chi connectivity index (χ0v) is 24.4. The first kappa shape index (κ1) is 28.1. The molecule has 0 aliphatic heterocycles. The van der Waals surface area contributed by atoms with Crippen molar-refractivity contribution in [3.63, 3.8) is 0 Å². The smallest absolute Gasteiger partial charge is 0.339 e. The molecule has 0 bridgehead atoms. The Labute approximate surface area is 225 Å². The summed E-state index contributed by atoms with van der Waals surface area (Å²) in [5.41, 5.74) is 13.6. The zero-order chi connectivity index (χ0) is 26.7. The Morgan fingerprint density at radius 1 is 1.14 bits per heavy atom. The van der Waals surface area contributed by atoms with Crippen molar-refractivity contribution in [2.24, 2.45) is 16.3 Å². The Hall–Kier alpha value is -2.44. The summed E-state index contributed by atoms with van der Waals surface area (Å²) in [5, 5.41) is 6.48. The van der Waals surface area contributed by atoms with E-state index in [9.17, 15) is 0 Å². The molecule has 0 amide bonds. The molecule has 0 atom stereocenters. The lowest BCUT2D eigenvalue weighted by Gasteiger charge is -2.24. The number of hydrazone groups is 1. The molecule has 36 heavy (non-hydrogen) atoms. The maximum Gasteiger partial charge on any atom is 0.364 e. The molecule has 0 spiro atoms. The molecule has 5 nitrogen and oxygen atoms in total. The number of aromatic nitrogens is 1. The molecule has 0 fully saturated rings. The molecule has 1 heterocycles. The molecule has 1 aromatic heterocycles. The molecule has 2 aromatic carbocycles. The van der Waals surface area contributed by atoms with E-state index in [1.807, 2.05) is 30.1 Å². The monoisotopic (exact) mass is 526 g/mol. The predicted octanol–water partition coefficient (Wildman–Crippen LogP) is 5.53. The third-order valence-electron chi connectivity index (χ3n) is 5.96. The normalized spacial score (nSPS) is 13.3. The number of nitrogens with one attached hydrogen (secondary N) is 2. The van der Waals surface area contributed by atoms with Crippen LogP contribution in [0.2, 0.25) is 5.02 Å². The van der Waals surface area contributed by atoms with E-state index in [-0.39, 0.29) is 10.2 Å². The van der Waals surface area contributed by atoms with E-state index >= 15 is 0 Å². The Balaban J connectivity index is 2.20. The van der Waals surface area contributed by atoms with Gasteiger partial charge in [-0.15, -0.1) is 16.9 Å². The van der Waals surface area contributed by atoms with Gasteiger partial charge in [-0.05, 0) is 47.7 Å². The van der Waals surface area contributed by atoms with Crippen molar-refractivity contribution in [2.75, 3.05) is 7.05 Å². The summed E-state index contributed by atoms with van der Waals surface area (Å²) in [5.74, 6) is 0.887. The first-order valence-corrected chi connectivity index (χ1v) is 13.7. The first-order valence-electron chi connectivity index (χ1n) is 12.5. The summed E-state index contributed by atoms with van der Waals surface area (Å²) in [6, 6.07) is 15.1. The standard InChI is InChI=1S/C29H40ClN5S/c1-19(2)21-11-14-24-23(15-21)26(36-28(3,4)5)25(16-29(6,7)18-33-34-27(31)32-8)35(24)17-20-9-12-22(30)13-10-20/h9-15,18-19H,16-17H2,1-8H3,(H3,31,32,34)/p+1. The van der Waals surface area contributed by atoms with E-state index in [0.29, 0.717) is 11.9 Å². The van der Waals surface area contributed by atoms with Crippen LogP contribution in [0.5, 0.6) is 0 Å². The van der Waals surface area contributed by atoms with Crippen LogP contribution in [-0.2, 0) is 13.0 Å². The lowest BCUT2D eigenvalue weighted by molar-refractivity contribution is -0.423. The highest BCUT2D eigenvalue weighted by Crippen LogP contribution is 2.43. The van der Waals surface area contributed by atoms with Crippen molar-refractivity contribution in [1.29, 1.82) is 0 Å². The van der Waals surface area contributed by atoms with Crippen LogP contribution in [0.25, 0.3) is 10.9 Å². The molecule has 0 unspecified atom stereocenters. The SMILES string of the molecule is C[NH+]=C(N)NN=CC(C)(C)Cc1c(SC(C)(C)C)c2cc(C(C)C)ccc2n1Cc1ccc(Cl)cc1. The lowest BCUT2D eigenvalue weighted by Crippen LogP contribution is -2.74. The fourth-order valence-corrected chi connectivity index (χ4v) is 5.42. The highest BCUT2D eigenvalue weighted by molar-refractivity contribution is 8.00. The van der Waals surface area contributed by atoms with Crippen LogP contribution < -0.4 is 16.2 Å². The Bertz CT molecular complexity index is 1250. The summed E-state index contributed by atoms with van der Waals surface area (Å²) in [4.78, 5) is 4.21. The molecule has 0 aliphatic rings. The van der Waals surface area contributed by atoms with Gasteiger partial charge in [-0.25, -0.2) is 0 Å². The van der Waals surface area contributed by atoms with Crippen molar-refractivity contribution in [2.45, 2.75) is 77.0 Å². The van der Waals surface area contributed by atoms with Crippen LogP contribution in [-0.4, -0.2) is 28.5 Å². The van der Waals surface area contributed by atoms with Crippen LogP contribution in [0, 0.1) is 5.41 Å².